The summed E-state index contributed by atoms with van der Waals surface area (Å²) in [5.74, 6) is 1.65. The molecule has 1 atom stereocenters. The fourth-order valence-electron chi connectivity index (χ4n) is 2.54. The van der Waals surface area contributed by atoms with E-state index in [9.17, 15) is 4.39 Å². The molecule has 0 heterocycles. The fraction of sp³-hybridized carbons (Fsp3) is 0.611. The molecule has 0 aromatic heterocycles. The zero-order chi connectivity index (χ0) is 16.7. The van der Waals surface area contributed by atoms with Crippen molar-refractivity contribution in [2.75, 3.05) is 20.2 Å². The van der Waals surface area contributed by atoms with Crippen molar-refractivity contribution in [3.63, 3.8) is 0 Å². The maximum Gasteiger partial charge on any atom is 0.191 e. The number of halogens is 2. The van der Waals surface area contributed by atoms with Crippen LogP contribution in [0.1, 0.15) is 51.1 Å². The number of aliphatic imine (C=N–C) groups is 1. The molecule has 1 aromatic carbocycles. The summed E-state index contributed by atoms with van der Waals surface area (Å²) < 4.78 is 18.8. The number of benzene rings is 1. The average molecular weight is 449 g/mol. The van der Waals surface area contributed by atoms with Crippen LogP contribution in [-0.4, -0.2) is 26.2 Å². The third-order valence-electron chi connectivity index (χ3n) is 4.11. The summed E-state index contributed by atoms with van der Waals surface area (Å²) in [5, 5.41) is 6.58. The van der Waals surface area contributed by atoms with Crippen molar-refractivity contribution in [2.45, 2.75) is 45.6 Å². The molecule has 6 heteroatoms. The molecule has 1 aliphatic rings. The molecule has 1 aromatic rings. The molecule has 0 saturated heterocycles. The summed E-state index contributed by atoms with van der Waals surface area (Å²) in [7, 11) is 1.47. The number of rotatable bonds is 8. The molecule has 4 nitrogen and oxygen atoms in total. The monoisotopic (exact) mass is 449 g/mol. The second kappa shape index (κ2) is 10.7. The van der Waals surface area contributed by atoms with E-state index in [4.69, 9.17) is 4.74 Å². The molecule has 2 rings (SSSR count). The minimum atomic E-state index is -0.343. The summed E-state index contributed by atoms with van der Waals surface area (Å²) in [6, 6.07) is 5.00. The summed E-state index contributed by atoms with van der Waals surface area (Å²) in [4.78, 5) is 4.61. The third kappa shape index (κ3) is 6.83. The van der Waals surface area contributed by atoms with E-state index in [0.29, 0.717) is 0 Å². The minimum Gasteiger partial charge on any atom is -0.494 e. The number of hydrogen-bond donors (Lipinski definition) is 2. The number of ether oxygens (including phenoxy) is 1. The topological polar surface area (TPSA) is 45.7 Å². The molecule has 0 amide bonds. The van der Waals surface area contributed by atoms with Crippen molar-refractivity contribution >= 4 is 29.9 Å². The third-order valence-corrected chi connectivity index (χ3v) is 4.11. The zero-order valence-electron chi connectivity index (χ0n) is 14.8. The lowest BCUT2D eigenvalue weighted by Gasteiger charge is -2.18. The molecule has 1 unspecified atom stereocenters. The Kier molecular flexibility index (Phi) is 9.39. The van der Waals surface area contributed by atoms with Gasteiger partial charge in [-0.1, -0.05) is 18.9 Å². The van der Waals surface area contributed by atoms with Gasteiger partial charge in [-0.2, -0.15) is 0 Å². The lowest BCUT2D eigenvalue weighted by atomic mass is 10.1. The van der Waals surface area contributed by atoms with Gasteiger partial charge in [-0.05, 0) is 50.3 Å². The normalized spacial score (nSPS) is 15.4. The van der Waals surface area contributed by atoms with E-state index in [0.717, 1.165) is 37.0 Å². The number of methoxy groups -OCH3 is 1. The molecule has 0 radical (unpaired) electrons. The Balaban J connectivity index is 0.00000288. The number of nitrogens with one attached hydrogen (secondary N) is 2. The maximum atomic E-state index is 13.8. The van der Waals surface area contributed by atoms with E-state index in [1.807, 2.05) is 19.9 Å². The van der Waals surface area contributed by atoms with Gasteiger partial charge < -0.3 is 15.4 Å². The second-order valence-electron chi connectivity index (χ2n) is 6.11. The smallest absolute Gasteiger partial charge is 0.191 e. The number of guanidine groups is 1. The lowest BCUT2D eigenvalue weighted by molar-refractivity contribution is 0.386. The van der Waals surface area contributed by atoms with Crippen molar-refractivity contribution in [1.29, 1.82) is 0 Å². The molecule has 136 valence electrons. The highest BCUT2D eigenvalue weighted by Crippen LogP contribution is 2.33. The van der Waals surface area contributed by atoms with Crippen LogP contribution in [0.4, 0.5) is 4.39 Å². The zero-order valence-corrected chi connectivity index (χ0v) is 17.1. The van der Waals surface area contributed by atoms with E-state index in [2.05, 4.69) is 15.6 Å². The van der Waals surface area contributed by atoms with Crippen LogP contribution in [0.3, 0.4) is 0 Å². The van der Waals surface area contributed by atoms with Crippen LogP contribution in [0.25, 0.3) is 0 Å². The maximum absolute atomic E-state index is 13.8. The molecule has 2 N–H and O–H groups in total. The molecule has 0 spiro atoms. The SMILES string of the molecule is CCNC(=NCCCC1CC1)NC(C)c1ccc(OC)c(F)c1.I. The van der Waals surface area contributed by atoms with Crippen LogP contribution in [0.2, 0.25) is 0 Å². The van der Waals surface area contributed by atoms with Gasteiger partial charge in [0.1, 0.15) is 0 Å². The molecule has 1 saturated carbocycles. The van der Waals surface area contributed by atoms with Gasteiger partial charge in [0, 0.05) is 13.1 Å². The van der Waals surface area contributed by atoms with Crippen LogP contribution in [-0.2, 0) is 0 Å². The summed E-state index contributed by atoms with van der Waals surface area (Å²) >= 11 is 0. The summed E-state index contributed by atoms with van der Waals surface area (Å²) in [6.07, 6.45) is 5.19. The Morgan fingerprint density at radius 3 is 2.75 bits per heavy atom. The van der Waals surface area contributed by atoms with Crippen molar-refractivity contribution in [3.8, 4) is 5.75 Å². The van der Waals surface area contributed by atoms with Gasteiger partial charge in [-0.15, -0.1) is 24.0 Å². The van der Waals surface area contributed by atoms with Crippen LogP contribution in [0, 0.1) is 11.7 Å². The van der Waals surface area contributed by atoms with Gasteiger partial charge in [0.2, 0.25) is 0 Å². The van der Waals surface area contributed by atoms with Crippen molar-refractivity contribution in [1.82, 2.24) is 10.6 Å². The predicted molar refractivity (Wildman–Crippen MR) is 108 cm³/mol. The van der Waals surface area contributed by atoms with E-state index in [1.165, 1.54) is 32.4 Å². The first kappa shape index (κ1) is 21.0. The lowest BCUT2D eigenvalue weighted by Crippen LogP contribution is -2.38. The molecule has 0 aliphatic heterocycles. The highest BCUT2D eigenvalue weighted by atomic mass is 127. The average Bonchev–Trinajstić information content (AvgIpc) is 3.35. The Morgan fingerprint density at radius 1 is 1.42 bits per heavy atom. The highest BCUT2D eigenvalue weighted by molar-refractivity contribution is 14.0. The van der Waals surface area contributed by atoms with Gasteiger partial charge in [-0.3, -0.25) is 4.99 Å². The van der Waals surface area contributed by atoms with Gasteiger partial charge in [-0.25, -0.2) is 4.39 Å². The summed E-state index contributed by atoms with van der Waals surface area (Å²) in [6.45, 7) is 5.67. The van der Waals surface area contributed by atoms with Gasteiger partial charge in [0.15, 0.2) is 17.5 Å². The standard InChI is InChI=1S/C18H28FN3O.HI/c1-4-20-18(21-11-5-6-14-7-8-14)22-13(2)15-9-10-17(23-3)16(19)12-15;/h9-10,12-14H,4-8,11H2,1-3H3,(H2,20,21,22);1H. The molecule has 1 fully saturated rings. The fourth-order valence-corrected chi connectivity index (χ4v) is 2.54. The number of nitrogens with zero attached hydrogens (tertiary/aromatic N) is 1. The highest BCUT2D eigenvalue weighted by Gasteiger charge is 2.20. The first-order chi connectivity index (χ1) is 11.1. The number of hydrogen-bond acceptors (Lipinski definition) is 2. The van der Waals surface area contributed by atoms with Crippen molar-refractivity contribution < 1.29 is 9.13 Å². The first-order valence-electron chi connectivity index (χ1n) is 8.52. The van der Waals surface area contributed by atoms with Gasteiger partial charge in [0.25, 0.3) is 0 Å². The van der Waals surface area contributed by atoms with E-state index in [-0.39, 0.29) is 41.6 Å². The van der Waals surface area contributed by atoms with Crippen LogP contribution >= 0.6 is 24.0 Å². The minimum absolute atomic E-state index is 0. The predicted octanol–water partition coefficient (Wildman–Crippen LogP) is 4.26. The van der Waals surface area contributed by atoms with Crippen LogP contribution < -0.4 is 15.4 Å². The Bertz CT molecular complexity index is 535. The first-order valence-corrected chi connectivity index (χ1v) is 8.52. The summed E-state index contributed by atoms with van der Waals surface area (Å²) in [5.41, 5.74) is 0.867. The van der Waals surface area contributed by atoms with E-state index >= 15 is 0 Å². The Hall–Kier alpha value is -1.05. The largest absolute Gasteiger partial charge is 0.494 e. The molecule has 1 aliphatic carbocycles. The Labute approximate surface area is 161 Å². The molecular formula is C18H29FIN3O. The quantitative estimate of drug-likeness (QED) is 0.270. The van der Waals surface area contributed by atoms with E-state index < -0.39 is 0 Å². The van der Waals surface area contributed by atoms with Gasteiger partial charge >= 0.3 is 0 Å². The molecular weight excluding hydrogens is 420 g/mol. The van der Waals surface area contributed by atoms with Crippen molar-refractivity contribution in [2.24, 2.45) is 10.9 Å². The van der Waals surface area contributed by atoms with Crippen LogP contribution in [0.5, 0.6) is 5.75 Å². The molecule has 24 heavy (non-hydrogen) atoms. The van der Waals surface area contributed by atoms with Crippen LogP contribution in [0.15, 0.2) is 23.2 Å². The molecule has 0 bridgehead atoms. The Morgan fingerprint density at radius 2 is 2.17 bits per heavy atom. The van der Waals surface area contributed by atoms with E-state index in [1.54, 1.807) is 6.07 Å². The second-order valence-corrected chi connectivity index (χ2v) is 6.11. The van der Waals surface area contributed by atoms with Gasteiger partial charge in [0.05, 0.1) is 13.2 Å². The van der Waals surface area contributed by atoms with Crippen molar-refractivity contribution in [3.05, 3.63) is 29.6 Å².